The van der Waals surface area contributed by atoms with E-state index in [-0.39, 0.29) is 11.8 Å². The maximum Gasteiger partial charge on any atom is 0.267 e. The molecule has 1 aliphatic rings. The lowest BCUT2D eigenvalue weighted by atomic mass is 10.1. The van der Waals surface area contributed by atoms with Crippen molar-refractivity contribution in [3.8, 4) is 5.75 Å². The summed E-state index contributed by atoms with van der Waals surface area (Å²) in [6, 6.07) is 7.34. The molecule has 0 unspecified atom stereocenters. The summed E-state index contributed by atoms with van der Waals surface area (Å²) in [5.41, 5.74) is 1.26. The third-order valence-electron chi connectivity index (χ3n) is 3.15. The molecule has 1 aromatic carbocycles. The summed E-state index contributed by atoms with van der Waals surface area (Å²) in [4.78, 5) is 26.1. The van der Waals surface area contributed by atoms with Gasteiger partial charge in [0, 0.05) is 7.05 Å². The molecule has 0 N–H and O–H groups in total. The van der Waals surface area contributed by atoms with Crippen LogP contribution in [0.1, 0.15) is 25.8 Å². The van der Waals surface area contributed by atoms with Gasteiger partial charge in [-0.1, -0.05) is 26.0 Å². The molecular weight excluding hydrogens is 286 g/mol. The maximum absolute atomic E-state index is 12.3. The van der Waals surface area contributed by atoms with E-state index in [1.165, 1.54) is 23.7 Å². The fourth-order valence-electron chi connectivity index (χ4n) is 2.09. The van der Waals surface area contributed by atoms with Crippen molar-refractivity contribution in [1.82, 2.24) is 4.90 Å². The Morgan fingerprint density at radius 2 is 1.76 bits per heavy atom. The predicted octanol–water partition coefficient (Wildman–Crippen LogP) is 2.94. The molecule has 0 spiro atoms. The van der Waals surface area contributed by atoms with Gasteiger partial charge in [-0.2, -0.15) is 0 Å². The maximum atomic E-state index is 12.3. The molecule has 0 atom stereocenters. The first-order valence-electron chi connectivity index (χ1n) is 7.02. The van der Waals surface area contributed by atoms with Crippen LogP contribution in [-0.2, 0) is 9.59 Å². The molecule has 0 saturated carbocycles. The van der Waals surface area contributed by atoms with Gasteiger partial charge in [0.15, 0.2) is 0 Å². The summed E-state index contributed by atoms with van der Waals surface area (Å²) >= 11 is 1.41. The molecule has 0 aromatic heterocycles. The van der Waals surface area contributed by atoms with Crippen molar-refractivity contribution in [3.05, 3.63) is 34.7 Å². The van der Waals surface area contributed by atoms with Crippen LogP contribution >= 0.6 is 11.8 Å². The summed E-state index contributed by atoms with van der Waals surface area (Å²) in [6.07, 6.45) is 0.946. The van der Waals surface area contributed by atoms with E-state index in [0.29, 0.717) is 17.1 Å². The van der Waals surface area contributed by atoms with Gasteiger partial charge < -0.3 is 4.74 Å². The fraction of sp³-hybridized carbons (Fsp3) is 0.375. The Hall–Kier alpha value is -1.75. The van der Waals surface area contributed by atoms with E-state index >= 15 is 0 Å². The largest absolute Gasteiger partial charge is 0.494 e. The van der Waals surface area contributed by atoms with Crippen LogP contribution in [0.3, 0.4) is 0 Å². The van der Waals surface area contributed by atoms with E-state index < -0.39 is 0 Å². The minimum Gasteiger partial charge on any atom is -0.494 e. The molecule has 0 bridgehead atoms. The topological polar surface area (TPSA) is 46.6 Å². The molecule has 0 saturated heterocycles. The number of benzene rings is 1. The SMILES string of the molecule is CCCOc1ccc(C2=C(SCC)C(=O)N(C)C2=O)cc1. The zero-order valence-corrected chi connectivity index (χ0v) is 13.3. The number of thioether (sulfide) groups is 1. The zero-order chi connectivity index (χ0) is 15.4. The number of nitrogens with zero attached hydrogens (tertiary/aromatic N) is 1. The number of hydrogen-bond acceptors (Lipinski definition) is 4. The molecular formula is C16H19NO3S. The molecule has 0 aliphatic carbocycles. The second-order valence-corrected chi connectivity index (χ2v) is 5.95. The Labute approximate surface area is 129 Å². The van der Waals surface area contributed by atoms with Crippen LogP contribution in [-0.4, -0.2) is 36.1 Å². The van der Waals surface area contributed by atoms with Crippen LogP contribution < -0.4 is 4.74 Å². The number of amides is 2. The van der Waals surface area contributed by atoms with E-state index in [2.05, 4.69) is 0 Å². The quantitative estimate of drug-likeness (QED) is 0.758. The van der Waals surface area contributed by atoms with Crippen molar-refractivity contribution in [1.29, 1.82) is 0 Å². The van der Waals surface area contributed by atoms with Crippen molar-refractivity contribution in [3.63, 3.8) is 0 Å². The molecule has 2 amide bonds. The average molecular weight is 305 g/mol. The Morgan fingerprint density at radius 3 is 2.33 bits per heavy atom. The molecule has 5 heteroatoms. The highest BCUT2D eigenvalue weighted by molar-refractivity contribution is 8.04. The van der Waals surface area contributed by atoms with E-state index in [0.717, 1.165) is 23.5 Å². The molecule has 1 aliphatic heterocycles. The van der Waals surface area contributed by atoms with Gasteiger partial charge in [-0.15, -0.1) is 11.8 Å². The lowest BCUT2D eigenvalue weighted by molar-refractivity contribution is -0.134. The van der Waals surface area contributed by atoms with Gasteiger partial charge in [0.1, 0.15) is 5.75 Å². The second-order valence-electron chi connectivity index (χ2n) is 4.68. The number of rotatable bonds is 6. The van der Waals surface area contributed by atoms with Gasteiger partial charge in [-0.3, -0.25) is 14.5 Å². The summed E-state index contributed by atoms with van der Waals surface area (Å²) in [6.45, 7) is 4.68. The van der Waals surface area contributed by atoms with Gasteiger partial charge in [0.2, 0.25) is 0 Å². The van der Waals surface area contributed by atoms with E-state index in [1.54, 1.807) is 0 Å². The number of hydrogen-bond donors (Lipinski definition) is 0. The van der Waals surface area contributed by atoms with Crippen LogP contribution in [0, 0.1) is 0 Å². The smallest absolute Gasteiger partial charge is 0.267 e. The van der Waals surface area contributed by atoms with E-state index in [1.807, 2.05) is 38.1 Å². The molecule has 0 fully saturated rings. The molecule has 2 rings (SSSR count). The van der Waals surface area contributed by atoms with Gasteiger partial charge in [-0.25, -0.2) is 0 Å². The minimum atomic E-state index is -0.238. The number of likely N-dealkylation sites (N-methyl/N-ethyl adjacent to an activating group) is 1. The number of carbonyl (C=O) groups excluding carboxylic acids is 2. The average Bonchev–Trinajstić information content (AvgIpc) is 2.71. The van der Waals surface area contributed by atoms with Gasteiger partial charge in [-0.05, 0) is 29.9 Å². The van der Waals surface area contributed by atoms with Crippen LogP contribution in [0.25, 0.3) is 5.57 Å². The fourth-order valence-corrected chi connectivity index (χ4v) is 2.99. The zero-order valence-electron chi connectivity index (χ0n) is 12.5. The number of ether oxygens (including phenoxy) is 1. The standard InChI is InChI=1S/C16H19NO3S/c1-4-10-20-12-8-6-11(7-9-12)13-14(21-5-2)16(19)17(3)15(13)18/h6-9H,4-5,10H2,1-3H3. The number of carbonyl (C=O) groups is 2. The van der Waals surface area contributed by atoms with Gasteiger partial charge >= 0.3 is 0 Å². The molecule has 112 valence electrons. The minimum absolute atomic E-state index is 0.215. The lowest BCUT2D eigenvalue weighted by Crippen LogP contribution is -2.26. The summed E-state index contributed by atoms with van der Waals surface area (Å²) < 4.78 is 5.53. The molecule has 0 radical (unpaired) electrons. The van der Waals surface area contributed by atoms with Gasteiger partial charge in [0.05, 0.1) is 17.1 Å². The van der Waals surface area contributed by atoms with Crippen molar-refractivity contribution in [2.24, 2.45) is 0 Å². The monoisotopic (exact) mass is 305 g/mol. The Kier molecular flexibility index (Phi) is 5.07. The first-order valence-corrected chi connectivity index (χ1v) is 8.01. The van der Waals surface area contributed by atoms with Crippen LogP contribution in [0.5, 0.6) is 5.75 Å². The highest BCUT2D eigenvalue weighted by atomic mass is 32.2. The predicted molar refractivity (Wildman–Crippen MR) is 85.1 cm³/mol. The third-order valence-corrected chi connectivity index (χ3v) is 4.11. The molecule has 21 heavy (non-hydrogen) atoms. The Morgan fingerprint density at radius 1 is 1.10 bits per heavy atom. The number of imide groups is 1. The first-order chi connectivity index (χ1) is 10.1. The normalized spacial score (nSPS) is 15.1. The van der Waals surface area contributed by atoms with E-state index in [9.17, 15) is 9.59 Å². The molecule has 4 nitrogen and oxygen atoms in total. The summed E-state index contributed by atoms with van der Waals surface area (Å²) in [7, 11) is 1.52. The van der Waals surface area contributed by atoms with Crippen molar-refractivity contribution in [2.45, 2.75) is 20.3 Å². The van der Waals surface area contributed by atoms with Crippen molar-refractivity contribution < 1.29 is 14.3 Å². The van der Waals surface area contributed by atoms with Crippen LogP contribution in [0.15, 0.2) is 29.2 Å². The van der Waals surface area contributed by atoms with E-state index in [4.69, 9.17) is 4.74 Å². The van der Waals surface area contributed by atoms with Gasteiger partial charge in [0.25, 0.3) is 11.8 Å². The summed E-state index contributed by atoms with van der Waals surface area (Å²) in [5, 5.41) is 0. The van der Waals surface area contributed by atoms with Crippen molar-refractivity contribution >= 4 is 29.1 Å². The second kappa shape index (κ2) is 6.80. The Bertz CT molecular complexity index is 578. The van der Waals surface area contributed by atoms with Crippen LogP contribution in [0.2, 0.25) is 0 Å². The Balaban J connectivity index is 2.33. The highest BCUT2D eigenvalue weighted by Gasteiger charge is 2.36. The summed E-state index contributed by atoms with van der Waals surface area (Å²) in [5.74, 6) is 1.07. The first kappa shape index (κ1) is 15.6. The third kappa shape index (κ3) is 3.13. The van der Waals surface area contributed by atoms with Crippen molar-refractivity contribution in [2.75, 3.05) is 19.4 Å². The molecule has 1 aromatic rings. The van der Waals surface area contributed by atoms with Crippen LogP contribution in [0.4, 0.5) is 0 Å². The molecule has 1 heterocycles. The highest BCUT2D eigenvalue weighted by Crippen LogP contribution is 2.35. The lowest BCUT2D eigenvalue weighted by Gasteiger charge is -2.08.